The van der Waals surface area contributed by atoms with Crippen molar-refractivity contribution in [2.75, 3.05) is 25.9 Å². The lowest BCUT2D eigenvalue weighted by atomic mass is 9.99. The fourth-order valence-corrected chi connectivity index (χ4v) is 4.02. The van der Waals surface area contributed by atoms with Crippen molar-refractivity contribution in [3.05, 3.63) is 18.2 Å². The number of aromatic hydroxyl groups is 1. The fraction of sp³-hybridized carbons (Fsp3) is 0.462. The average Bonchev–Trinajstić information content (AvgIpc) is 2.83. The van der Waals surface area contributed by atoms with Crippen molar-refractivity contribution in [1.82, 2.24) is 4.31 Å². The Labute approximate surface area is 123 Å². The molecular weight excluding hydrogens is 296 g/mol. The molecule has 2 atom stereocenters. The van der Waals surface area contributed by atoms with Gasteiger partial charge in [0.15, 0.2) is 0 Å². The number of phenols is 1. The molecule has 0 amide bonds. The van der Waals surface area contributed by atoms with E-state index in [0.717, 1.165) is 0 Å². The monoisotopic (exact) mass is 314 g/mol. The van der Waals surface area contributed by atoms with Crippen LogP contribution in [-0.4, -0.2) is 44.0 Å². The van der Waals surface area contributed by atoms with Gasteiger partial charge in [0.2, 0.25) is 10.0 Å². The summed E-state index contributed by atoms with van der Waals surface area (Å²) in [6, 6.07) is 3.73. The first-order valence-corrected chi connectivity index (χ1v) is 7.88. The second kappa shape index (κ2) is 5.53. The quantitative estimate of drug-likeness (QED) is 0.475. The average molecular weight is 314 g/mol. The van der Waals surface area contributed by atoms with Crippen LogP contribution >= 0.6 is 0 Å². The number of sulfonamides is 1. The van der Waals surface area contributed by atoms with Gasteiger partial charge in [-0.2, -0.15) is 4.31 Å². The highest BCUT2D eigenvalue weighted by Gasteiger charge is 2.41. The lowest BCUT2D eigenvalue weighted by Crippen LogP contribution is -2.30. The number of esters is 1. The Hall–Kier alpha value is -1.80. The number of anilines is 1. The molecule has 3 N–H and O–H groups in total. The fourth-order valence-electron chi connectivity index (χ4n) is 2.42. The van der Waals surface area contributed by atoms with E-state index in [2.05, 4.69) is 0 Å². The summed E-state index contributed by atoms with van der Waals surface area (Å²) in [6.07, 6.45) is 0. The Morgan fingerprint density at radius 3 is 2.67 bits per heavy atom. The third-order valence-electron chi connectivity index (χ3n) is 3.72. The first-order valence-electron chi connectivity index (χ1n) is 6.44. The smallest absolute Gasteiger partial charge is 0.310 e. The topological polar surface area (TPSA) is 110 Å². The molecule has 2 unspecified atom stereocenters. The highest BCUT2D eigenvalue weighted by molar-refractivity contribution is 7.89. The van der Waals surface area contributed by atoms with Crippen LogP contribution in [0.5, 0.6) is 5.75 Å². The third kappa shape index (κ3) is 2.81. The van der Waals surface area contributed by atoms with Crippen LogP contribution in [0.3, 0.4) is 0 Å². The summed E-state index contributed by atoms with van der Waals surface area (Å²) >= 11 is 0. The molecule has 116 valence electrons. The van der Waals surface area contributed by atoms with Gasteiger partial charge in [0.1, 0.15) is 5.75 Å². The molecule has 1 heterocycles. The molecule has 0 aromatic heterocycles. The molecule has 1 aliphatic rings. The third-order valence-corrected chi connectivity index (χ3v) is 5.55. The van der Waals surface area contributed by atoms with Crippen LogP contribution in [0.2, 0.25) is 0 Å². The molecule has 0 spiro atoms. The van der Waals surface area contributed by atoms with E-state index in [4.69, 9.17) is 10.5 Å². The molecule has 0 aliphatic carbocycles. The zero-order valence-corrected chi connectivity index (χ0v) is 12.6. The standard InChI is InChI=1S/C13H18N2O5S/c1-8-6-15(7-10(8)13(17)20-2)21(18,19)9-3-4-12(16)11(14)5-9/h3-5,8,10,16H,6-7,14H2,1-2H3. The summed E-state index contributed by atoms with van der Waals surface area (Å²) < 4.78 is 31.0. The largest absolute Gasteiger partial charge is 0.506 e. The number of nitrogen functional groups attached to an aromatic ring is 1. The number of nitrogens with zero attached hydrogens (tertiary/aromatic N) is 1. The van der Waals surface area contributed by atoms with Gasteiger partial charge in [0.25, 0.3) is 0 Å². The van der Waals surface area contributed by atoms with Crippen LogP contribution in [0.4, 0.5) is 5.69 Å². The van der Waals surface area contributed by atoms with Crippen molar-refractivity contribution >= 4 is 21.7 Å². The van der Waals surface area contributed by atoms with E-state index in [1.807, 2.05) is 6.92 Å². The van der Waals surface area contributed by atoms with E-state index in [0.29, 0.717) is 0 Å². The first-order chi connectivity index (χ1) is 9.77. The molecule has 8 heteroatoms. The van der Waals surface area contributed by atoms with Gasteiger partial charge in [0.05, 0.1) is 23.6 Å². The van der Waals surface area contributed by atoms with Crippen LogP contribution < -0.4 is 5.73 Å². The molecule has 1 fully saturated rings. The maximum atomic E-state index is 12.5. The Balaban J connectivity index is 2.29. The van der Waals surface area contributed by atoms with Crippen LogP contribution in [0.15, 0.2) is 23.1 Å². The van der Waals surface area contributed by atoms with Crippen LogP contribution in [0, 0.1) is 11.8 Å². The molecule has 7 nitrogen and oxygen atoms in total. The van der Waals surface area contributed by atoms with Crippen molar-refractivity contribution < 1.29 is 23.1 Å². The summed E-state index contributed by atoms with van der Waals surface area (Å²) in [4.78, 5) is 11.6. The van der Waals surface area contributed by atoms with E-state index >= 15 is 0 Å². The minimum Gasteiger partial charge on any atom is -0.506 e. The highest BCUT2D eigenvalue weighted by Crippen LogP contribution is 2.31. The number of hydrogen-bond acceptors (Lipinski definition) is 6. The van der Waals surface area contributed by atoms with Gasteiger partial charge >= 0.3 is 5.97 Å². The number of ether oxygens (including phenoxy) is 1. The van der Waals surface area contributed by atoms with Crippen molar-refractivity contribution in [2.24, 2.45) is 11.8 Å². The van der Waals surface area contributed by atoms with Crippen molar-refractivity contribution in [3.8, 4) is 5.75 Å². The Bertz CT molecular complexity index is 659. The predicted molar refractivity (Wildman–Crippen MR) is 75.9 cm³/mol. The molecule has 1 aromatic rings. The van der Waals surface area contributed by atoms with E-state index in [9.17, 15) is 18.3 Å². The minimum absolute atomic E-state index is 0.00415. The molecule has 1 aromatic carbocycles. The van der Waals surface area contributed by atoms with Crippen molar-refractivity contribution in [1.29, 1.82) is 0 Å². The number of nitrogens with two attached hydrogens (primary N) is 1. The number of carbonyl (C=O) groups excluding carboxylic acids is 1. The Kier molecular flexibility index (Phi) is 4.11. The molecule has 2 rings (SSSR count). The lowest BCUT2D eigenvalue weighted by molar-refractivity contribution is -0.145. The summed E-state index contributed by atoms with van der Waals surface area (Å²) in [6.45, 7) is 2.13. The van der Waals surface area contributed by atoms with E-state index in [1.165, 1.54) is 29.6 Å². The first kappa shape index (κ1) is 15.6. The minimum atomic E-state index is -3.75. The van der Waals surface area contributed by atoms with Crippen LogP contribution in [-0.2, 0) is 19.6 Å². The van der Waals surface area contributed by atoms with Gasteiger partial charge in [-0.1, -0.05) is 6.92 Å². The molecule has 21 heavy (non-hydrogen) atoms. The van der Waals surface area contributed by atoms with E-state index in [1.54, 1.807) is 0 Å². The summed E-state index contributed by atoms with van der Waals surface area (Å²) in [5.41, 5.74) is 5.53. The summed E-state index contributed by atoms with van der Waals surface area (Å²) in [5, 5.41) is 9.37. The lowest BCUT2D eigenvalue weighted by Gasteiger charge is -2.16. The number of phenolic OH excluding ortho intramolecular Hbond substituents is 1. The predicted octanol–water partition coefficient (Wildman–Crippen LogP) is 0.404. The zero-order valence-electron chi connectivity index (χ0n) is 11.8. The molecular formula is C13H18N2O5S. The normalized spacial score (nSPS) is 23.1. The summed E-state index contributed by atoms with van der Waals surface area (Å²) in [5.74, 6) is -1.18. The van der Waals surface area contributed by atoms with E-state index < -0.39 is 21.9 Å². The zero-order chi connectivity index (χ0) is 15.8. The second-order valence-corrected chi connectivity index (χ2v) is 7.09. The molecule has 1 saturated heterocycles. The maximum absolute atomic E-state index is 12.5. The maximum Gasteiger partial charge on any atom is 0.310 e. The highest BCUT2D eigenvalue weighted by atomic mass is 32.2. The number of hydrogen-bond donors (Lipinski definition) is 2. The van der Waals surface area contributed by atoms with Crippen LogP contribution in [0.25, 0.3) is 0 Å². The molecule has 1 aliphatic heterocycles. The van der Waals surface area contributed by atoms with E-state index in [-0.39, 0.29) is 35.3 Å². The molecule has 0 bridgehead atoms. The molecule has 0 radical (unpaired) electrons. The SMILES string of the molecule is COC(=O)C1CN(S(=O)(=O)c2ccc(O)c(N)c2)CC1C. The summed E-state index contributed by atoms with van der Waals surface area (Å²) in [7, 11) is -2.47. The number of rotatable bonds is 3. The van der Waals surface area contributed by atoms with Gasteiger partial charge in [-0.15, -0.1) is 0 Å². The number of benzene rings is 1. The van der Waals surface area contributed by atoms with Gasteiger partial charge in [-0.3, -0.25) is 4.79 Å². The Morgan fingerprint density at radius 1 is 1.43 bits per heavy atom. The van der Waals surface area contributed by atoms with Gasteiger partial charge < -0.3 is 15.6 Å². The van der Waals surface area contributed by atoms with Gasteiger partial charge in [0, 0.05) is 13.1 Å². The van der Waals surface area contributed by atoms with Crippen LogP contribution in [0.1, 0.15) is 6.92 Å². The Morgan fingerprint density at radius 2 is 2.10 bits per heavy atom. The molecule has 0 saturated carbocycles. The second-order valence-electron chi connectivity index (χ2n) is 5.15. The number of carbonyl (C=O) groups is 1. The van der Waals surface area contributed by atoms with Crippen molar-refractivity contribution in [2.45, 2.75) is 11.8 Å². The van der Waals surface area contributed by atoms with Gasteiger partial charge in [-0.25, -0.2) is 8.42 Å². The van der Waals surface area contributed by atoms with Gasteiger partial charge in [-0.05, 0) is 24.1 Å². The number of methoxy groups -OCH3 is 1. The van der Waals surface area contributed by atoms with Crippen molar-refractivity contribution in [3.63, 3.8) is 0 Å².